The van der Waals surface area contributed by atoms with Gasteiger partial charge in [-0.25, -0.2) is 9.18 Å². The first kappa shape index (κ1) is 17.0. The van der Waals surface area contributed by atoms with E-state index in [4.69, 9.17) is 4.74 Å². The van der Waals surface area contributed by atoms with E-state index in [1.54, 1.807) is 15.9 Å². The highest BCUT2D eigenvalue weighted by atomic mass is 19.1. The van der Waals surface area contributed by atoms with E-state index in [1.807, 2.05) is 30.3 Å². The van der Waals surface area contributed by atoms with Gasteiger partial charge in [-0.2, -0.15) is 0 Å². The summed E-state index contributed by atoms with van der Waals surface area (Å²) in [5.41, 5.74) is 1.25. The molecule has 5 nitrogen and oxygen atoms in total. The zero-order valence-corrected chi connectivity index (χ0v) is 13.7. The number of benzene rings is 2. The lowest BCUT2D eigenvalue weighted by molar-refractivity contribution is 0.0543. The Morgan fingerprint density at radius 3 is 2.28 bits per heavy atom. The number of amides is 2. The van der Waals surface area contributed by atoms with Crippen LogP contribution in [0.4, 0.5) is 9.18 Å². The monoisotopic (exact) mass is 342 g/mol. The average Bonchev–Trinajstić information content (AvgIpc) is 2.66. The summed E-state index contributed by atoms with van der Waals surface area (Å²) >= 11 is 0. The summed E-state index contributed by atoms with van der Waals surface area (Å²) in [6.07, 6.45) is -0.387. The van der Waals surface area contributed by atoms with E-state index in [0.29, 0.717) is 31.7 Å². The van der Waals surface area contributed by atoms with Crippen LogP contribution in [0.25, 0.3) is 0 Å². The molecule has 0 saturated carbocycles. The lowest BCUT2D eigenvalue weighted by atomic mass is 10.2. The minimum absolute atomic E-state index is 0.224. The lowest BCUT2D eigenvalue weighted by Gasteiger charge is -2.34. The van der Waals surface area contributed by atoms with Crippen molar-refractivity contribution in [1.29, 1.82) is 0 Å². The molecular formula is C19H19FN2O3. The largest absolute Gasteiger partial charge is 0.445 e. The molecule has 6 heteroatoms. The second-order valence-electron chi connectivity index (χ2n) is 5.83. The van der Waals surface area contributed by atoms with Gasteiger partial charge in [0.15, 0.2) is 0 Å². The van der Waals surface area contributed by atoms with Gasteiger partial charge in [-0.15, -0.1) is 0 Å². The van der Waals surface area contributed by atoms with Crippen LogP contribution in [-0.4, -0.2) is 48.0 Å². The van der Waals surface area contributed by atoms with Crippen molar-refractivity contribution in [1.82, 2.24) is 9.80 Å². The van der Waals surface area contributed by atoms with E-state index in [9.17, 15) is 14.0 Å². The van der Waals surface area contributed by atoms with Gasteiger partial charge >= 0.3 is 6.09 Å². The van der Waals surface area contributed by atoms with Crippen molar-refractivity contribution >= 4 is 12.0 Å². The molecule has 0 unspecified atom stereocenters. The third-order valence-corrected chi connectivity index (χ3v) is 4.10. The van der Waals surface area contributed by atoms with Gasteiger partial charge in [0.05, 0.1) is 0 Å². The summed E-state index contributed by atoms with van der Waals surface area (Å²) < 4.78 is 18.5. The maximum Gasteiger partial charge on any atom is 0.410 e. The van der Waals surface area contributed by atoms with Crippen molar-refractivity contribution in [3.63, 3.8) is 0 Å². The lowest BCUT2D eigenvalue weighted by Crippen LogP contribution is -2.50. The number of carbonyl (C=O) groups excluding carboxylic acids is 2. The Bertz CT molecular complexity index is 743. The minimum Gasteiger partial charge on any atom is -0.445 e. The van der Waals surface area contributed by atoms with Gasteiger partial charge in [0.25, 0.3) is 5.91 Å². The molecule has 2 amide bonds. The maximum atomic E-state index is 13.2. The smallest absolute Gasteiger partial charge is 0.410 e. The molecule has 0 bridgehead atoms. The molecule has 0 N–H and O–H groups in total. The Balaban J connectivity index is 1.49. The van der Waals surface area contributed by atoms with Gasteiger partial charge in [-0.1, -0.05) is 36.4 Å². The molecule has 1 aliphatic rings. The first-order valence-electron chi connectivity index (χ1n) is 8.14. The van der Waals surface area contributed by atoms with E-state index < -0.39 is 5.82 Å². The zero-order chi connectivity index (χ0) is 17.6. The number of nitrogens with zero attached hydrogens (tertiary/aromatic N) is 2. The number of piperazine rings is 1. The molecule has 130 valence electrons. The predicted molar refractivity (Wildman–Crippen MR) is 90.5 cm³/mol. The van der Waals surface area contributed by atoms with Gasteiger partial charge in [0.1, 0.15) is 12.4 Å². The fourth-order valence-corrected chi connectivity index (χ4v) is 2.71. The Kier molecular flexibility index (Phi) is 5.28. The second-order valence-corrected chi connectivity index (χ2v) is 5.83. The number of hydrogen-bond acceptors (Lipinski definition) is 3. The maximum absolute atomic E-state index is 13.2. The highest BCUT2D eigenvalue weighted by Crippen LogP contribution is 2.12. The Labute approximate surface area is 145 Å². The topological polar surface area (TPSA) is 49.9 Å². The fraction of sp³-hybridized carbons (Fsp3) is 0.263. The second kappa shape index (κ2) is 7.79. The number of rotatable bonds is 3. The molecular weight excluding hydrogens is 323 g/mol. The van der Waals surface area contributed by atoms with Crippen molar-refractivity contribution in [2.24, 2.45) is 0 Å². The van der Waals surface area contributed by atoms with Crippen LogP contribution in [0.5, 0.6) is 0 Å². The van der Waals surface area contributed by atoms with Crippen LogP contribution in [0.15, 0.2) is 54.6 Å². The number of carbonyl (C=O) groups is 2. The first-order chi connectivity index (χ1) is 12.1. The Hall–Kier alpha value is -2.89. The normalized spacial score (nSPS) is 14.3. The van der Waals surface area contributed by atoms with Crippen LogP contribution in [0, 0.1) is 5.82 Å². The van der Waals surface area contributed by atoms with Gasteiger partial charge in [0, 0.05) is 31.7 Å². The van der Waals surface area contributed by atoms with Gasteiger partial charge in [-0.05, 0) is 23.8 Å². The summed E-state index contributed by atoms with van der Waals surface area (Å²) in [7, 11) is 0. The zero-order valence-electron chi connectivity index (χ0n) is 13.7. The molecule has 0 spiro atoms. The summed E-state index contributed by atoms with van der Waals surface area (Å²) in [6.45, 7) is 1.82. The molecule has 1 saturated heterocycles. The first-order valence-corrected chi connectivity index (χ1v) is 8.14. The summed E-state index contributed by atoms with van der Waals surface area (Å²) in [6, 6.07) is 15.1. The molecule has 1 fully saturated rings. The van der Waals surface area contributed by atoms with Crippen molar-refractivity contribution in [2.75, 3.05) is 26.2 Å². The molecule has 0 atom stereocenters. The van der Waals surface area contributed by atoms with E-state index in [1.165, 1.54) is 18.2 Å². The summed E-state index contributed by atoms with van der Waals surface area (Å²) in [4.78, 5) is 27.7. The molecule has 0 radical (unpaired) electrons. The third kappa shape index (κ3) is 4.35. The highest BCUT2D eigenvalue weighted by Gasteiger charge is 2.25. The molecule has 0 aromatic heterocycles. The van der Waals surface area contributed by atoms with E-state index >= 15 is 0 Å². The fourth-order valence-electron chi connectivity index (χ4n) is 2.71. The van der Waals surface area contributed by atoms with Crippen molar-refractivity contribution in [2.45, 2.75) is 6.61 Å². The molecule has 25 heavy (non-hydrogen) atoms. The van der Waals surface area contributed by atoms with Crippen LogP contribution in [-0.2, 0) is 11.3 Å². The number of halogens is 1. The molecule has 2 aromatic carbocycles. The summed E-state index contributed by atoms with van der Waals surface area (Å²) in [5, 5.41) is 0. The van der Waals surface area contributed by atoms with Crippen molar-refractivity contribution in [3.05, 3.63) is 71.5 Å². The van der Waals surface area contributed by atoms with Crippen LogP contribution in [0.1, 0.15) is 15.9 Å². The predicted octanol–water partition coefficient (Wildman–Crippen LogP) is 2.92. The molecule has 0 aliphatic carbocycles. The van der Waals surface area contributed by atoms with E-state index in [0.717, 1.165) is 5.56 Å². The van der Waals surface area contributed by atoms with E-state index in [2.05, 4.69) is 0 Å². The van der Waals surface area contributed by atoms with Gasteiger partial charge in [0.2, 0.25) is 0 Å². The van der Waals surface area contributed by atoms with Gasteiger partial charge < -0.3 is 14.5 Å². The van der Waals surface area contributed by atoms with Crippen molar-refractivity contribution in [3.8, 4) is 0 Å². The quantitative estimate of drug-likeness (QED) is 0.862. The molecule has 1 aliphatic heterocycles. The van der Waals surface area contributed by atoms with E-state index in [-0.39, 0.29) is 18.6 Å². The molecule has 2 aromatic rings. The SMILES string of the molecule is O=C(OCc1ccccc1)N1CCN(C(=O)c2cccc(F)c2)CC1. The Morgan fingerprint density at radius 2 is 1.60 bits per heavy atom. The number of ether oxygens (including phenoxy) is 1. The summed E-state index contributed by atoms with van der Waals surface area (Å²) in [5.74, 6) is -0.661. The molecule has 3 rings (SSSR count). The van der Waals surface area contributed by atoms with Crippen molar-refractivity contribution < 1.29 is 18.7 Å². The highest BCUT2D eigenvalue weighted by molar-refractivity contribution is 5.94. The average molecular weight is 342 g/mol. The standard InChI is InChI=1S/C19H19FN2O3/c20-17-8-4-7-16(13-17)18(23)21-9-11-22(12-10-21)19(24)25-14-15-5-2-1-3-6-15/h1-8,13H,9-12,14H2. The van der Waals surface area contributed by atoms with Gasteiger partial charge in [-0.3, -0.25) is 4.79 Å². The molecule has 1 heterocycles. The minimum atomic E-state index is -0.436. The van der Waals surface area contributed by atoms with Crippen LogP contribution in [0.3, 0.4) is 0 Å². The number of hydrogen-bond donors (Lipinski definition) is 0. The Morgan fingerprint density at radius 1 is 0.920 bits per heavy atom. The third-order valence-electron chi connectivity index (χ3n) is 4.10. The van der Waals surface area contributed by atoms with Crippen LogP contribution < -0.4 is 0 Å². The van der Waals surface area contributed by atoms with Crippen LogP contribution >= 0.6 is 0 Å². The van der Waals surface area contributed by atoms with Crippen LogP contribution in [0.2, 0.25) is 0 Å².